The number of nitrogens with one attached hydrogen (secondary N) is 1. The maximum Gasteiger partial charge on any atom is 0.305 e. The van der Waals surface area contributed by atoms with Crippen LogP contribution in [0.2, 0.25) is 0 Å². The smallest absolute Gasteiger partial charge is 0.305 e. The Morgan fingerprint density at radius 3 is 1.32 bits per heavy atom. The quantitative estimate of drug-likeness (QED) is 0.0322. The van der Waals surface area contributed by atoms with Crippen LogP contribution in [0, 0.1) is 0 Å². The molecular weight excluding hydrogens is 743 g/mol. The third kappa shape index (κ3) is 45.6. The SMILES string of the molecule is CCCCC/C=C\C/C=C\CCCCCCCCCC(=O)OCCCC/C=C\CCCCCCCC(=O)NC(CO)C(O)CCCCCCCCCCCCCCCCC. The van der Waals surface area contributed by atoms with Crippen LogP contribution in [0.5, 0.6) is 0 Å². The highest BCUT2D eigenvalue weighted by Crippen LogP contribution is 2.16. The second-order valence-corrected chi connectivity index (χ2v) is 17.8. The van der Waals surface area contributed by atoms with Crippen molar-refractivity contribution in [2.75, 3.05) is 13.2 Å². The molecule has 1 amide bonds. The number of aliphatic hydroxyl groups is 2. The lowest BCUT2D eigenvalue weighted by molar-refractivity contribution is -0.143. The van der Waals surface area contributed by atoms with Gasteiger partial charge in [-0.05, 0) is 83.5 Å². The van der Waals surface area contributed by atoms with Gasteiger partial charge in [-0.2, -0.15) is 0 Å². The van der Waals surface area contributed by atoms with Gasteiger partial charge in [-0.25, -0.2) is 0 Å². The molecule has 2 atom stereocenters. The molecule has 0 aliphatic rings. The first-order valence-electron chi connectivity index (χ1n) is 26.2. The lowest BCUT2D eigenvalue weighted by Crippen LogP contribution is -2.45. The first kappa shape index (κ1) is 58.1. The van der Waals surface area contributed by atoms with E-state index in [1.165, 1.54) is 148 Å². The zero-order valence-electron chi connectivity index (χ0n) is 39.9. The molecule has 0 fully saturated rings. The van der Waals surface area contributed by atoms with Crippen molar-refractivity contribution < 1.29 is 24.5 Å². The van der Waals surface area contributed by atoms with E-state index >= 15 is 0 Å². The van der Waals surface area contributed by atoms with Gasteiger partial charge >= 0.3 is 5.97 Å². The van der Waals surface area contributed by atoms with Crippen molar-refractivity contribution in [3.63, 3.8) is 0 Å². The largest absolute Gasteiger partial charge is 0.466 e. The number of rotatable bonds is 48. The maximum atomic E-state index is 12.4. The van der Waals surface area contributed by atoms with Crippen LogP contribution in [0.3, 0.4) is 0 Å². The van der Waals surface area contributed by atoms with Crippen LogP contribution < -0.4 is 5.32 Å². The van der Waals surface area contributed by atoms with Crippen molar-refractivity contribution in [1.29, 1.82) is 0 Å². The summed E-state index contributed by atoms with van der Waals surface area (Å²) in [5.74, 6) is -0.104. The Labute approximate surface area is 373 Å². The van der Waals surface area contributed by atoms with Crippen molar-refractivity contribution in [3.8, 4) is 0 Å². The summed E-state index contributed by atoms with van der Waals surface area (Å²) in [4.78, 5) is 24.5. The fraction of sp³-hybridized carbons (Fsp3) is 0.852. The Morgan fingerprint density at radius 1 is 0.467 bits per heavy atom. The standard InChI is InChI=1S/C54H101NO5/c1-3-5-7-9-11-13-15-17-19-20-22-24-28-32-36-40-44-48-54(59)60-49-45-41-37-33-29-25-27-31-35-39-43-47-53(58)55-51(50-56)52(57)46-42-38-34-30-26-23-21-18-16-14-12-10-8-6-4-2/h11,13,17,19,29,33,51-52,56-57H,3-10,12,14-16,18,20-28,30-32,34-50H2,1-2H3,(H,55,58)/b13-11-,19-17-,33-29-. The normalized spacial score (nSPS) is 12.9. The second-order valence-electron chi connectivity index (χ2n) is 17.8. The number of unbranched alkanes of at least 4 members (excludes halogenated alkanes) is 31. The van der Waals surface area contributed by atoms with Crippen LogP contribution >= 0.6 is 0 Å². The van der Waals surface area contributed by atoms with E-state index in [-0.39, 0.29) is 18.5 Å². The van der Waals surface area contributed by atoms with Gasteiger partial charge in [0.25, 0.3) is 0 Å². The summed E-state index contributed by atoms with van der Waals surface area (Å²) in [7, 11) is 0. The molecule has 352 valence electrons. The van der Waals surface area contributed by atoms with Crippen molar-refractivity contribution in [2.45, 2.75) is 283 Å². The number of carbonyl (C=O) groups excluding carboxylic acids is 2. The van der Waals surface area contributed by atoms with Gasteiger partial charge in [-0.15, -0.1) is 0 Å². The monoisotopic (exact) mass is 844 g/mol. The molecule has 0 rings (SSSR count). The second kappa shape index (κ2) is 49.7. The number of hydrogen-bond acceptors (Lipinski definition) is 5. The minimum Gasteiger partial charge on any atom is -0.466 e. The number of carbonyl (C=O) groups is 2. The molecule has 60 heavy (non-hydrogen) atoms. The average molecular weight is 844 g/mol. The molecule has 0 saturated heterocycles. The third-order valence-electron chi connectivity index (χ3n) is 11.9. The minimum atomic E-state index is -0.683. The first-order chi connectivity index (χ1) is 29.5. The number of aliphatic hydroxyl groups excluding tert-OH is 2. The highest BCUT2D eigenvalue weighted by atomic mass is 16.5. The first-order valence-corrected chi connectivity index (χ1v) is 26.2. The zero-order valence-corrected chi connectivity index (χ0v) is 39.9. The summed E-state index contributed by atoms with van der Waals surface area (Å²) in [6.45, 7) is 4.84. The minimum absolute atomic E-state index is 0.0392. The molecule has 3 N–H and O–H groups in total. The van der Waals surface area contributed by atoms with E-state index in [0.29, 0.717) is 25.9 Å². The summed E-state index contributed by atoms with van der Waals surface area (Å²) < 4.78 is 5.44. The molecule has 0 aromatic rings. The number of ether oxygens (including phenoxy) is 1. The average Bonchev–Trinajstić information content (AvgIpc) is 3.25. The summed E-state index contributed by atoms with van der Waals surface area (Å²) >= 11 is 0. The summed E-state index contributed by atoms with van der Waals surface area (Å²) in [5.41, 5.74) is 0. The maximum absolute atomic E-state index is 12.4. The topological polar surface area (TPSA) is 95.9 Å². The van der Waals surface area contributed by atoms with Gasteiger partial charge in [0.15, 0.2) is 0 Å². The van der Waals surface area contributed by atoms with E-state index in [0.717, 1.165) is 89.9 Å². The van der Waals surface area contributed by atoms with Gasteiger partial charge in [0, 0.05) is 12.8 Å². The Hall–Kier alpha value is -1.92. The predicted molar refractivity (Wildman–Crippen MR) is 259 cm³/mol. The summed E-state index contributed by atoms with van der Waals surface area (Å²) in [6, 6.07) is -0.563. The molecule has 0 saturated carbocycles. The molecule has 0 bridgehead atoms. The fourth-order valence-electron chi connectivity index (χ4n) is 7.84. The van der Waals surface area contributed by atoms with Crippen molar-refractivity contribution >= 4 is 11.9 Å². The van der Waals surface area contributed by atoms with E-state index < -0.39 is 12.1 Å². The number of amides is 1. The Balaban J connectivity index is 3.52. The highest BCUT2D eigenvalue weighted by Gasteiger charge is 2.20. The van der Waals surface area contributed by atoms with Crippen molar-refractivity contribution in [2.24, 2.45) is 0 Å². The molecule has 0 heterocycles. The van der Waals surface area contributed by atoms with Gasteiger partial charge in [0.1, 0.15) is 0 Å². The predicted octanol–water partition coefficient (Wildman–Crippen LogP) is 15.7. The Bertz CT molecular complexity index is 977. The van der Waals surface area contributed by atoms with Crippen molar-refractivity contribution in [1.82, 2.24) is 5.32 Å². The van der Waals surface area contributed by atoms with Crippen LogP contribution in [0.25, 0.3) is 0 Å². The molecule has 2 unspecified atom stereocenters. The summed E-state index contributed by atoms with van der Waals surface area (Å²) in [5, 5.41) is 23.2. The highest BCUT2D eigenvalue weighted by molar-refractivity contribution is 5.76. The summed E-state index contributed by atoms with van der Waals surface area (Å²) in [6.07, 6.45) is 59.7. The molecule has 0 aromatic heterocycles. The van der Waals surface area contributed by atoms with Crippen LogP contribution in [-0.2, 0) is 14.3 Å². The van der Waals surface area contributed by atoms with Crippen LogP contribution in [0.4, 0.5) is 0 Å². The van der Waals surface area contributed by atoms with Crippen LogP contribution in [-0.4, -0.2) is 47.4 Å². The zero-order chi connectivity index (χ0) is 43.7. The van der Waals surface area contributed by atoms with Gasteiger partial charge in [0.05, 0.1) is 25.4 Å². The van der Waals surface area contributed by atoms with Gasteiger partial charge in [-0.3, -0.25) is 9.59 Å². The van der Waals surface area contributed by atoms with E-state index in [2.05, 4.69) is 55.6 Å². The van der Waals surface area contributed by atoms with Gasteiger partial charge in [0.2, 0.25) is 5.91 Å². The van der Waals surface area contributed by atoms with Gasteiger partial charge in [-0.1, -0.05) is 211 Å². The van der Waals surface area contributed by atoms with Crippen molar-refractivity contribution in [3.05, 3.63) is 36.5 Å². The van der Waals surface area contributed by atoms with E-state index in [1.54, 1.807) is 0 Å². The molecule has 0 spiro atoms. The third-order valence-corrected chi connectivity index (χ3v) is 11.9. The van der Waals surface area contributed by atoms with Crippen LogP contribution in [0.15, 0.2) is 36.5 Å². The molecule has 6 nitrogen and oxygen atoms in total. The lowest BCUT2D eigenvalue weighted by atomic mass is 10.0. The Morgan fingerprint density at radius 2 is 0.833 bits per heavy atom. The number of esters is 1. The van der Waals surface area contributed by atoms with E-state index in [1.807, 2.05) is 0 Å². The van der Waals surface area contributed by atoms with E-state index in [9.17, 15) is 19.8 Å². The lowest BCUT2D eigenvalue weighted by Gasteiger charge is -2.22. The van der Waals surface area contributed by atoms with Crippen LogP contribution in [0.1, 0.15) is 271 Å². The molecular formula is C54H101NO5. The van der Waals surface area contributed by atoms with Gasteiger partial charge < -0.3 is 20.3 Å². The number of allylic oxidation sites excluding steroid dienone is 6. The molecule has 0 aromatic carbocycles. The van der Waals surface area contributed by atoms with E-state index in [4.69, 9.17) is 4.74 Å². The molecule has 0 aliphatic heterocycles. The fourth-order valence-corrected chi connectivity index (χ4v) is 7.84. The molecule has 0 aliphatic carbocycles. The molecule has 6 heteroatoms. The Kier molecular flexibility index (Phi) is 48.1. The number of hydrogen-bond donors (Lipinski definition) is 3. The molecule has 0 radical (unpaired) electrons.